The Bertz CT molecular complexity index is 326. The number of nitrogens with one attached hydrogen (secondary N) is 1. The van der Waals surface area contributed by atoms with Gasteiger partial charge in [0.2, 0.25) is 0 Å². The zero-order chi connectivity index (χ0) is 15.3. The number of carboxylic acid groups (broad SMARTS) is 1. The maximum Gasteiger partial charge on any atom is 0.401 e. The normalized spacial score (nSPS) is 26.4. The van der Waals surface area contributed by atoms with E-state index in [9.17, 15) is 23.1 Å². The van der Waals surface area contributed by atoms with Gasteiger partial charge < -0.3 is 15.5 Å². The van der Waals surface area contributed by atoms with Crippen molar-refractivity contribution in [3.63, 3.8) is 0 Å². The minimum Gasteiger partial charge on any atom is -0.480 e. The van der Waals surface area contributed by atoms with Gasteiger partial charge in [-0.15, -0.1) is 0 Å². The first-order valence-electron chi connectivity index (χ1n) is 6.63. The lowest BCUT2D eigenvalue weighted by molar-refractivity contribution is -0.140. The second-order valence-electron chi connectivity index (χ2n) is 5.25. The Labute approximate surface area is 115 Å². The molecule has 8 heteroatoms. The SMILES string of the molecule is CCC(O)C1CC(NCC(F)(F)F)CN(CC(=O)O)C1. The van der Waals surface area contributed by atoms with Crippen molar-refractivity contribution in [1.29, 1.82) is 0 Å². The minimum atomic E-state index is -4.30. The lowest BCUT2D eigenvalue weighted by Gasteiger charge is -2.39. The van der Waals surface area contributed by atoms with Gasteiger partial charge in [-0.25, -0.2) is 0 Å². The molecule has 1 fully saturated rings. The van der Waals surface area contributed by atoms with Crippen molar-refractivity contribution in [2.75, 3.05) is 26.2 Å². The molecule has 0 aromatic carbocycles. The van der Waals surface area contributed by atoms with Crippen molar-refractivity contribution in [2.24, 2.45) is 5.92 Å². The van der Waals surface area contributed by atoms with E-state index in [1.54, 1.807) is 11.8 Å². The minimum absolute atomic E-state index is 0.209. The highest BCUT2D eigenvalue weighted by Gasteiger charge is 2.34. The van der Waals surface area contributed by atoms with E-state index in [1.807, 2.05) is 0 Å². The molecule has 3 unspecified atom stereocenters. The Morgan fingerprint density at radius 1 is 1.45 bits per heavy atom. The van der Waals surface area contributed by atoms with Gasteiger partial charge in [-0.2, -0.15) is 13.2 Å². The number of halogens is 3. The van der Waals surface area contributed by atoms with Gasteiger partial charge in [0.05, 0.1) is 19.2 Å². The third-order valence-corrected chi connectivity index (χ3v) is 3.47. The Kier molecular flexibility index (Phi) is 6.22. The largest absolute Gasteiger partial charge is 0.480 e. The van der Waals surface area contributed by atoms with Gasteiger partial charge >= 0.3 is 12.1 Å². The number of nitrogens with zero attached hydrogens (tertiary/aromatic N) is 1. The van der Waals surface area contributed by atoms with E-state index in [1.165, 1.54) is 0 Å². The number of piperidine rings is 1. The highest BCUT2D eigenvalue weighted by atomic mass is 19.4. The first kappa shape index (κ1) is 17.2. The molecule has 0 spiro atoms. The van der Waals surface area contributed by atoms with Crippen LogP contribution in [0.5, 0.6) is 0 Å². The average molecular weight is 298 g/mol. The van der Waals surface area contributed by atoms with Gasteiger partial charge in [0, 0.05) is 19.1 Å². The van der Waals surface area contributed by atoms with Gasteiger partial charge in [0.1, 0.15) is 0 Å². The van der Waals surface area contributed by atoms with Crippen molar-refractivity contribution in [3.8, 4) is 0 Å². The molecule has 3 N–H and O–H groups in total. The third kappa shape index (κ3) is 6.06. The summed E-state index contributed by atoms with van der Waals surface area (Å²) in [6.07, 6.45) is -4.01. The van der Waals surface area contributed by atoms with Crippen LogP contribution >= 0.6 is 0 Å². The number of aliphatic hydroxyl groups is 1. The topological polar surface area (TPSA) is 72.8 Å². The summed E-state index contributed by atoms with van der Waals surface area (Å²) in [6, 6.07) is -0.462. The summed E-state index contributed by atoms with van der Waals surface area (Å²) in [6.45, 7) is 1.10. The van der Waals surface area contributed by atoms with Crippen LogP contribution in [-0.4, -0.2) is 65.6 Å². The molecular formula is C12H21F3N2O3. The molecule has 0 aromatic heterocycles. The molecule has 5 nitrogen and oxygen atoms in total. The molecule has 1 rings (SSSR count). The molecule has 0 bridgehead atoms. The smallest absolute Gasteiger partial charge is 0.401 e. The number of carbonyl (C=O) groups is 1. The average Bonchev–Trinajstić information content (AvgIpc) is 2.33. The zero-order valence-corrected chi connectivity index (χ0v) is 11.4. The van der Waals surface area contributed by atoms with Crippen LogP contribution in [-0.2, 0) is 4.79 Å². The highest BCUT2D eigenvalue weighted by molar-refractivity contribution is 5.69. The molecule has 0 saturated carbocycles. The molecule has 1 aliphatic rings. The molecule has 0 amide bonds. The van der Waals surface area contributed by atoms with Crippen LogP contribution in [0.2, 0.25) is 0 Å². The first-order chi connectivity index (χ1) is 9.21. The molecule has 1 saturated heterocycles. The van der Waals surface area contributed by atoms with Crippen LogP contribution in [0, 0.1) is 5.92 Å². The lowest BCUT2D eigenvalue weighted by Crippen LogP contribution is -2.54. The van der Waals surface area contributed by atoms with Crippen molar-refractivity contribution in [1.82, 2.24) is 10.2 Å². The molecule has 0 radical (unpaired) electrons. The van der Waals surface area contributed by atoms with Gasteiger partial charge in [-0.3, -0.25) is 9.69 Å². The van der Waals surface area contributed by atoms with Gasteiger partial charge in [-0.05, 0) is 18.8 Å². The van der Waals surface area contributed by atoms with E-state index in [0.717, 1.165) is 0 Å². The molecule has 0 aromatic rings. The van der Waals surface area contributed by atoms with E-state index >= 15 is 0 Å². The second kappa shape index (κ2) is 7.24. The summed E-state index contributed by atoms with van der Waals surface area (Å²) in [5.74, 6) is -1.23. The number of rotatable bonds is 6. The number of likely N-dealkylation sites (tertiary alicyclic amines) is 1. The monoisotopic (exact) mass is 298 g/mol. The Balaban J connectivity index is 2.61. The fourth-order valence-corrected chi connectivity index (χ4v) is 2.57. The molecule has 1 heterocycles. The standard InChI is InChI=1S/C12H21F3N2O3/c1-2-10(18)8-3-9(16-7-12(13,14)15)5-17(4-8)6-11(19)20/h8-10,16,18H,2-7H2,1H3,(H,19,20). The van der Waals surface area contributed by atoms with Crippen molar-refractivity contribution in [3.05, 3.63) is 0 Å². The maximum absolute atomic E-state index is 12.2. The number of hydrogen-bond donors (Lipinski definition) is 3. The van der Waals surface area contributed by atoms with Crippen LogP contribution < -0.4 is 5.32 Å². The van der Waals surface area contributed by atoms with Crippen LogP contribution in [0.1, 0.15) is 19.8 Å². The fraction of sp³-hybridized carbons (Fsp3) is 0.917. The number of carboxylic acids is 1. The van der Waals surface area contributed by atoms with Crippen molar-refractivity contribution >= 4 is 5.97 Å². The van der Waals surface area contributed by atoms with E-state index in [-0.39, 0.29) is 19.0 Å². The van der Waals surface area contributed by atoms with Crippen LogP contribution in [0.15, 0.2) is 0 Å². The second-order valence-corrected chi connectivity index (χ2v) is 5.25. The molecule has 0 aliphatic carbocycles. The van der Waals surface area contributed by atoms with Gasteiger partial charge in [0.15, 0.2) is 0 Å². The van der Waals surface area contributed by atoms with E-state index in [0.29, 0.717) is 19.4 Å². The third-order valence-electron chi connectivity index (χ3n) is 3.47. The number of alkyl halides is 3. The van der Waals surface area contributed by atoms with Crippen molar-refractivity contribution in [2.45, 2.75) is 38.1 Å². The van der Waals surface area contributed by atoms with E-state index in [4.69, 9.17) is 5.11 Å². The Morgan fingerprint density at radius 3 is 2.60 bits per heavy atom. The number of aliphatic hydroxyl groups excluding tert-OH is 1. The molecule has 20 heavy (non-hydrogen) atoms. The summed E-state index contributed by atoms with van der Waals surface area (Å²) >= 11 is 0. The molecular weight excluding hydrogens is 277 g/mol. The van der Waals surface area contributed by atoms with E-state index in [2.05, 4.69) is 5.32 Å². The van der Waals surface area contributed by atoms with Crippen LogP contribution in [0.4, 0.5) is 13.2 Å². The van der Waals surface area contributed by atoms with Crippen LogP contribution in [0.25, 0.3) is 0 Å². The molecule has 118 valence electrons. The molecule has 3 atom stereocenters. The summed E-state index contributed by atoms with van der Waals surface area (Å²) < 4.78 is 36.7. The fourth-order valence-electron chi connectivity index (χ4n) is 2.57. The lowest BCUT2D eigenvalue weighted by atomic mass is 9.88. The van der Waals surface area contributed by atoms with Gasteiger partial charge in [0.25, 0.3) is 0 Å². The summed E-state index contributed by atoms with van der Waals surface area (Å²) in [7, 11) is 0. The summed E-state index contributed by atoms with van der Waals surface area (Å²) in [4.78, 5) is 12.3. The number of aliphatic carboxylic acids is 1. The summed E-state index contributed by atoms with van der Waals surface area (Å²) in [5, 5.41) is 21.0. The predicted molar refractivity (Wildman–Crippen MR) is 66.3 cm³/mol. The quantitative estimate of drug-likeness (QED) is 0.673. The number of hydrogen-bond acceptors (Lipinski definition) is 4. The first-order valence-corrected chi connectivity index (χ1v) is 6.63. The predicted octanol–water partition coefficient (Wildman–Crippen LogP) is 0.684. The van der Waals surface area contributed by atoms with E-state index < -0.39 is 30.8 Å². The Morgan fingerprint density at radius 2 is 2.10 bits per heavy atom. The molecule has 1 aliphatic heterocycles. The summed E-state index contributed by atoms with van der Waals surface area (Å²) in [5.41, 5.74) is 0. The van der Waals surface area contributed by atoms with Crippen molar-refractivity contribution < 1.29 is 28.2 Å². The Hall–Kier alpha value is -0.860. The zero-order valence-electron chi connectivity index (χ0n) is 11.4. The highest BCUT2D eigenvalue weighted by Crippen LogP contribution is 2.23. The maximum atomic E-state index is 12.2. The van der Waals surface area contributed by atoms with Crippen LogP contribution in [0.3, 0.4) is 0 Å². The van der Waals surface area contributed by atoms with Gasteiger partial charge in [-0.1, -0.05) is 6.92 Å².